The standard InChI is InChI=1S/C27H26N4O2S2/c32-35(33,22-16-8-3-9-17-22)31-23-18-10-11-19-24(23)34-27-28-25(20-12-4-1-5-13-20)26(29-30-27)21-14-6-2-7-15-21/h1-9,12-17,23-24,31H,10-11,18-19H2. The van der Waals surface area contributed by atoms with Crippen LogP contribution >= 0.6 is 11.8 Å². The van der Waals surface area contributed by atoms with Crippen molar-refractivity contribution in [3.63, 3.8) is 0 Å². The molecule has 0 aliphatic heterocycles. The normalized spacial score (nSPS) is 18.3. The van der Waals surface area contributed by atoms with E-state index in [9.17, 15) is 8.42 Å². The lowest BCUT2D eigenvalue weighted by Crippen LogP contribution is -2.43. The predicted octanol–water partition coefficient (Wildman–Crippen LogP) is 5.59. The molecular formula is C27H26N4O2S2. The minimum Gasteiger partial charge on any atom is -0.219 e. The van der Waals surface area contributed by atoms with Crippen molar-refractivity contribution in [2.24, 2.45) is 0 Å². The van der Waals surface area contributed by atoms with Gasteiger partial charge in [0.1, 0.15) is 11.4 Å². The Morgan fingerprint density at radius 2 is 1.29 bits per heavy atom. The van der Waals surface area contributed by atoms with E-state index >= 15 is 0 Å². The van der Waals surface area contributed by atoms with Gasteiger partial charge in [-0.2, -0.15) is 0 Å². The molecule has 0 saturated heterocycles. The van der Waals surface area contributed by atoms with Gasteiger partial charge < -0.3 is 0 Å². The van der Waals surface area contributed by atoms with E-state index in [0.29, 0.717) is 5.16 Å². The zero-order valence-electron chi connectivity index (χ0n) is 19.1. The fraction of sp³-hybridized carbons (Fsp3) is 0.222. The second-order valence-corrected chi connectivity index (χ2v) is 11.4. The molecule has 4 aromatic rings. The van der Waals surface area contributed by atoms with Gasteiger partial charge in [0, 0.05) is 22.4 Å². The lowest BCUT2D eigenvalue weighted by molar-refractivity contribution is 0.422. The number of nitrogens with one attached hydrogen (secondary N) is 1. The maximum absolute atomic E-state index is 13.0. The molecule has 2 atom stereocenters. The largest absolute Gasteiger partial charge is 0.240 e. The Hall–Kier alpha value is -3.07. The Bertz CT molecular complexity index is 1370. The Balaban J connectivity index is 1.43. The van der Waals surface area contributed by atoms with Crippen molar-refractivity contribution in [3.05, 3.63) is 91.0 Å². The van der Waals surface area contributed by atoms with Crippen molar-refractivity contribution in [1.29, 1.82) is 0 Å². The fourth-order valence-corrected chi connectivity index (χ4v) is 6.90. The Morgan fingerprint density at radius 1 is 0.714 bits per heavy atom. The van der Waals surface area contributed by atoms with Gasteiger partial charge in [0.2, 0.25) is 15.2 Å². The minimum atomic E-state index is -3.60. The number of aromatic nitrogens is 3. The predicted molar refractivity (Wildman–Crippen MR) is 139 cm³/mol. The molecule has 8 heteroatoms. The number of nitrogens with zero attached hydrogens (tertiary/aromatic N) is 3. The van der Waals surface area contributed by atoms with Crippen LogP contribution in [0.2, 0.25) is 0 Å². The van der Waals surface area contributed by atoms with Crippen LogP contribution in [0.4, 0.5) is 0 Å². The molecule has 1 aliphatic carbocycles. The highest BCUT2D eigenvalue weighted by molar-refractivity contribution is 7.99. The van der Waals surface area contributed by atoms with E-state index in [1.54, 1.807) is 24.3 Å². The van der Waals surface area contributed by atoms with E-state index < -0.39 is 10.0 Å². The molecule has 1 heterocycles. The maximum Gasteiger partial charge on any atom is 0.240 e. The van der Waals surface area contributed by atoms with E-state index in [-0.39, 0.29) is 16.2 Å². The van der Waals surface area contributed by atoms with Gasteiger partial charge >= 0.3 is 0 Å². The van der Waals surface area contributed by atoms with Gasteiger partial charge in [-0.25, -0.2) is 18.1 Å². The topological polar surface area (TPSA) is 84.8 Å². The summed E-state index contributed by atoms with van der Waals surface area (Å²) in [5, 5.41) is 9.59. The number of rotatable bonds is 7. The smallest absolute Gasteiger partial charge is 0.219 e. The lowest BCUT2D eigenvalue weighted by Gasteiger charge is -2.31. The quantitative estimate of drug-likeness (QED) is 0.355. The molecule has 1 aliphatic rings. The number of benzene rings is 3. The lowest BCUT2D eigenvalue weighted by atomic mass is 9.96. The third-order valence-electron chi connectivity index (χ3n) is 6.08. The van der Waals surface area contributed by atoms with E-state index in [4.69, 9.17) is 4.98 Å². The molecule has 2 unspecified atom stereocenters. The van der Waals surface area contributed by atoms with Crippen molar-refractivity contribution >= 4 is 21.8 Å². The van der Waals surface area contributed by atoms with Crippen LogP contribution in [0.1, 0.15) is 25.7 Å². The minimum absolute atomic E-state index is 0.0234. The number of thioether (sulfide) groups is 1. The molecule has 3 aromatic carbocycles. The summed E-state index contributed by atoms with van der Waals surface area (Å²) in [4.78, 5) is 5.20. The van der Waals surface area contributed by atoms with Gasteiger partial charge in [-0.1, -0.05) is 103 Å². The van der Waals surface area contributed by atoms with Crippen molar-refractivity contribution < 1.29 is 8.42 Å². The molecule has 5 rings (SSSR count). The van der Waals surface area contributed by atoms with E-state index in [0.717, 1.165) is 48.2 Å². The number of hydrogen-bond acceptors (Lipinski definition) is 6. The first-order valence-corrected chi connectivity index (χ1v) is 14.1. The Morgan fingerprint density at radius 3 is 1.94 bits per heavy atom. The molecule has 1 aromatic heterocycles. The summed E-state index contributed by atoms with van der Waals surface area (Å²) in [6.07, 6.45) is 3.70. The molecule has 1 N–H and O–H groups in total. The van der Waals surface area contributed by atoms with Crippen LogP contribution in [-0.2, 0) is 10.0 Å². The van der Waals surface area contributed by atoms with Crippen LogP contribution < -0.4 is 4.72 Å². The zero-order valence-corrected chi connectivity index (χ0v) is 20.8. The molecule has 0 amide bonds. The van der Waals surface area contributed by atoms with E-state index in [1.807, 2.05) is 66.7 Å². The van der Waals surface area contributed by atoms with Gasteiger partial charge in [0.15, 0.2) is 0 Å². The summed E-state index contributed by atoms with van der Waals surface area (Å²) in [7, 11) is -3.60. The molecule has 1 fully saturated rings. The third kappa shape index (κ3) is 5.61. The number of hydrogen-bond donors (Lipinski definition) is 1. The highest BCUT2D eigenvalue weighted by Crippen LogP contribution is 2.35. The molecule has 0 radical (unpaired) electrons. The van der Waals surface area contributed by atoms with Crippen LogP contribution in [0.25, 0.3) is 22.5 Å². The van der Waals surface area contributed by atoms with E-state index in [1.165, 1.54) is 11.8 Å². The maximum atomic E-state index is 13.0. The van der Waals surface area contributed by atoms with Crippen LogP contribution in [0, 0.1) is 0 Å². The molecule has 35 heavy (non-hydrogen) atoms. The van der Waals surface area contributed by atoms with Crippen LogP contribution in [0.5, 0.6) is 0 Å². The fourth-order valence-electron chi connectivity index (χ4n) is 4.32. The highest BCUT2D eigenvalue weighted by Gasteiger charge is 2.31. The van der Waals surface area contributed by atoms with Gasteiger partial charge in [-0.05, 0) is 25.0 Å². The first-order valence-electron chi connectivity index (χ1n) is 11.7. The second-order valence-electron chi connectivity index (χ2n) is 8.51. The van der Waals surface area contributed by atoms with Gasteiger partial charge in [-0.15, -0.1) is 10.2 Å². The van der Waals surface area contributed by atoms with Crippen LogP contribution in [0.3, 0.4) is 0 Å². The third-order valence-corrected chi connectivity index (χ3v) is 8.84. The summed E-state index contributed by atoms with van der Waals surface area (Å²) in [5.74, 6) is 0. The average Bonchev–Trinajstić information content (AvgIpc) is 2.91. The van der Waals surface area contributed by atoms with Crippen molar-refractivity contribution in [2.45, 2.75) is 47.0 Å². The van der Waals surface area contributed by atoms with E-state index in [2.05, 4.69) is 14.9 Å². The SMILES string of the molecule is O=S(=O)(NC1CCCCC1Sc1nnc(-c2ccccc2)c(-c2ccccc2)n1)c1ccccc1. The summed E-state index contributed by atoms with van der Waals surface area (Å²) >= 11 is 1.51. The van der Waals surface area contributed by atoms with Gasteiger partial charge in [0.25, 0.3) is 0 Å². The molecular weight excluding hydrogens is 476 g/mol. The second kappa shape index (κ2) is 10.7. The first-order chi connectivity index (χ1) is 17.1. The summed E-state index contributed by atoms with van der Waals surface area (Å²) in [6.45, 7) is 0. The monoisotopic (exact) mass is 502 g/mol. The zero-order chi connectivity index (χ0) is 24.1. The highest BCUT2D eigenvalue weighted by atomic mass is 32.2. The molecule has 1 saturated carbocycles. The Labute approximate surface area is 210 Å². The molecule has 178 valence electrons. The summed E-state index contributed by atoms with van der Waals surface area (Å²) in [5.41, 5.74) is 3.42. The summed E-state index contributed by atoms with van der Waals surface area (Å²) < 4.78 is 28.9. The van der Waals surface area contributed by atoms with Crippen molar-refractivity contribution in [2.75, 3.05) is 0 Å². The van der Waals surface area contributed by atoms with Crippen LogP contribution in [0.15, 0.2) is 101 Å². The van der Waals surface area contributed by atoms with Crippen LogP contribution in [-0.4, -0.2) is 34.9 Å². The Kier molecular flexibility index (Phi) is 7.22. The molecule has 0 bridgehead atoms. The molecule has 0 spiro atoms. The van der Waals surface area contributed by atoms with Crippen molar-refractivity contribution in [1.82, 2.24) is 19.9 Å². The average molecular weight is 503 g/mol. The molecule has 6 nitrogen and oxygen atoms in total. The van der Waals surface area contributed by atoms with Crippen molar-refractivity contribution in [3.8, 4) is 22.5 Å². The number of sulfonamides is 1. The van der Waals surface area contributed by atoms with Gasteiger partial charge in [-0.3, -0.25) is 0 Å². The van der Waals surface area contributed by atoms with Gasteiger partial charge in [0.05, 0.1) is 4.90 Å². The first kappa shape index (κ1) is 23.7. The summed E-state index contributed by atoms with van der Waals surface area (Å²) in [6, 6.07) is 28.2.